The van der Waals surface area contributed by atoms with Crippen LogP contribution in [-0.2, 0) is 13.1 Å². The van der Waals surface area contributed by atoms with Crippen LogP contribution in [0.25, 0.3) is 0 Å². The first-order valence-electron chi connectivity index (χ1n) is 6.36. The van der Waals surface area contributed by atoms with E-state index in [1.807, 2.05) is 0 Å². The van der Waals surface area contributed by atoms with E-state index in [-0.39, 0.29) is 0 Å². The van der Waals surface area contributed by atoms with E-state index >= 15 is 0 Å². The fourth-order valence-corrected chi connectivity index (χ4v) is 2.12. The molecule has 96 valence electrons. The van der Waals surface area contributed by atoms with E-state index < -0.39 is 0 Å². The van der Waals surface area contributed by atoms with Gasteiger partial charge in [-0.3, -0.25) is 0 Å². The number of nitrogens with one attached hydrogen (secondary N) is 1. The van der Waals surface area contributed by atoms with Crippen molar-refractivity contribution in [2.45, 2.75) is 20.0 Å². The average Bonchev–Trinajstić information content (AvgIpc) is 2.84. The van der Waals surface area contributed by atoms with Crippen LogP contribution in [0.3, 0.4) is 0 Å². The minimum atomic E-state index is 0.853. The Morgan fingerprint density at radius 1 is 1.11 bits per heavy atom. The van der Waals surface area contributed by atoms with Gasteiger partial charge in [0, 0.05) is 32.5 Å². The van der Waals surface area contributed by atoms with Crippen molar-refractivity contribution in [1.29, 1.82) is 0 Å². The lowest BCUT2D eigenvalue weighted by Crippen LogP contribution is -2.13. The Morgan fingerprint density at radius 3 is 2.61 bits per heavy atom. The van der Waals surface area contributed by atoms with Gasteiger partial charge in [-0.05, 0) is 31.2 Å². The molecule has 0 amide bonds. The summed E-state index contributed by atoms with van der Waals surface area (Å²) in [4.78, 5) is 2.13. The number of aryl methyl sites for hydroxylation is 1. The van der Waals surface area contributed by atoms with Crippen LogP contribution in [0.2, 0.25) is 0 Å². The van der Waals surface area contributed by atoms with E-state index in [0.717, 1.165) is 13.1 Å². The van der Waals surface area contributed by atoms with Crippen LogP contribution < -0.4 is 10.2 Å². The van der Waals surface area contributed by atoms with Crippen molar-refractivity contribution in [2.24, 2.45) is 0 Å². The highest BCUT2D eigenvalue weighted by Gasteiger charge is 2.04. The summed E-state index contributed by atoms with van der Waals surface area (Å²) < 4.78 is 2.26. The molecule has 1 heterocycles. The number of para-hydroxylation sites is 2. The fourth-order valence-electron chi connectivity index (χ4n) is 2.12. The molecule has 0 bridgehead atoms. The second kappa shape index (κ2) is 5.63. The molecule has 0 aliphatic rings. The number of rotatable bonds is 5. The molecule has 0 saturated carbocycles. The van der Waals surface area contributed by atoms with E-state index in [2.05, 4.69) is 78.4 Å². The van der Waals surface area contributed by atoms with Gasteiger partial charge < -0.3 is 14.8 Å². The molecule has 0 aliphatic heterocycles. The van der Waals surface area contributed by atoms with E-state index in [9.17, 15) is 0 Å². The summed E-state index contributed by atoms with van der Waals surface area (Å²) in [7, 11) is 4.13. The normalized spacial score (nSPS) is 10.4. The van der Waals surface area contributed by atoms with Crippen LogP contribution in [0.4, 0.5) is 11.4 Å². The largest absolute Gasteiger partial charge is 0.378 e. The summed E-state index contributed by atoms with van der Waals surface area (Å²) in [5.41, 5.74) is 3.70. The third-order valence-electron chi connectivity index (χ3n) is 3.11. The molecule has 2 rings (SSSR count). The number of anilines is 2. The van der Waals surface area contributed by atoms with Crippen molar-refractivity contribution in [1.82, 2.24) is 4.57 Å². The molecule has 0 unspecified atom stereocenters. The number of aromatic nitrogens is 1. The lowest BCUT2D eigenvalue weighted by molar-refractivity contribution is 0.724. The SMILES string of the molecule is CCn1cccc1CNc1ccccc1N(C)C. The Balaban J connectivity index is 2.11. The van der Waals surface area contributed by atoms with Crippen LogP contribution in [0.1, 0.15) is 12.6 Å². The Bertz CT molecular complexity index is 500. The van der Waals surface area contributed by atoms with Gasteiger partial charge in [0.15, 0.2) is 0 Å². The highest BCUT2D eigenvalue weighted by molar-refractivity contribution is 5.69. The van der Waals surface area contributed by atoms with Gasteiger partial charge in [-0.2, -0.15) is 0 Å². The summed E-state index contributed by atoms with van der Waals surface area (Å²) in [6.07, 6.45) is 2.12. The number of hydrogen-bond donors (Lipinski definition) is 1. The maximum atomic E-state index is 3.51. The van der Waals surface area contributed by atoms with Crippen molar-refractivity contribution >= 4 is 11.4 Å². The first-order valence-corrected chi connectivity index (χ1v) is 6.36. The van der Waals surface area contributed by atoms with E-state index in [0.29, 0.717) is 0 Å². The quantitative estimate of drug-likeness (QED) is 0.870. The molecule has 0 fully saturated rings. The maximum absolute atomic E-state index is 3.51. The fraction of sp³-hybridized carbons (Fsp3) is 0.333. The molecule has 0 atom stereocenters. The summed E-state index contributed by atoms with van der Waals surface area (Å²) in [6.45, 7) is 4.03. The zero-order valence-electron chi connectivity index (χ0n) is 11.4. The molecule has 3 heteroatoms. The summed E-state index contributed by atoms with van der Waals surface area (Å²) in [5, 5.41) is 3.51. The van der Waals surface area contributed by atoms with Crippen LogP contribution in [0.15, 0.2) is 42.6 Å². The molecular weight excluding hydrogens is 222 g/mol. The van der Waals surface area contributed by atoms with Gasteiger partial charge in [-0.25, -0.2) is 0 Å². The highest BCUT2D eigenvalue weighted by Crippen LogP contribution is 2.23. The zero-order valence-corrected chi connectivity index (χ0v) is 11.4. The van der Waals surface area contributed by atoms with Gasteiger partial charge in [0.25, 0.3) is 0 Å². The molecule has 18 heavy (non-hydrogen) atoms. The van der Waals surface area contributed by atoms with E-state index in [1.54, 1.807) is 0 Å². The number of benzene rings is 1. The first kappa shape index (κ1) is 12.6. The third kappa shape index (κ3) is 2.67. The second-order valence-corrected chi connectivity index (χ2v) is 4.55. The predicted octanol–water partition coefficient (Wildman–Crippen LogP) is 3.19. The summed E-state index contributed by atoms with van der Waals surface area (Å²) in [5.74, 6) is 0. The Hall–Kier alpha value is -1.90. The maximum Gasteiger partial charge on any atom is 0.0596 e. The lowest BCUT2D eigenvalue weighted by Gasteiger charge is -2.18. The molecule has 3 nitrogen and oxygen atoms in total. The molecule has 1 aromatic carbocycles. The zero-order chi connectivity index (χ0) is 13.0. The number of hydrogen-bond acceptors (Lipinski definition) is 2. The molecule has 0 aliphatic carbocycles. The number of nitrogens with zero attached hydrogens (tertiary/aromatic N) is 2. The Labute approximate surface area is 109 Å². The van der Waals surface area contributed by atoms with E-state index in [4.69, 9.17) is 0 Å². The Morgan fingerprint density at radius 2 is 1.89 bits per heavy atom. The van der Waals surface area contributed by atoms with Crippen LogP contribution >= 0.6 is 0 Å². The summed E-state index contributed by atoms with van der Waals surface area (Å²) >= 11 is 0. The minimum absolute atomic E-state index is 0.853. The third-order valence-corrected chi connectivity index (χ3v) is 3.11. The molecular formula is C15H21N3. The molecule has 0 saturated heterocycles. The molecule has 0 spiro atoms. The van der Waals surface area contributed by atoms with Crippen molar-refractivity contribution in [3.63, 3.8) is 0 Å². The monoisotopic (exact) mass is 243 g/mol. The van der Waals surface area contributed by atoms with Gasteiger partial charge in [0.2, 0.25) is 0 Å². The lowest BCUT2D eigenvalue weighted by atomic mass is 10.2. The molecule has 1 aromatic heterocycles. The van der Waals surface area contributed by atoms with Crippen LogP contribution in [0, 0.1) is 0 Å². The van der Waals surface area contributed by atoms with Crippen molar-refractivity contribution < 1.29 is 0 Å². The molecule has 2 aromatic rings. The summed E-state index contributed by atoms with van der Waals surface area (Å²) in [6, 6.07) is 12.6. The second-order valence-electron chi connectivity index (χ2n) is 4.55. The Kier molecular flexibility index (Phi) is 3.92. The van der Waals surface area contributed by atoms with Gasteiger partial charge in [-0.1, -0.05) is 12.1 Å². The van der Waals surface area contributed by atoms with Gasteiger partial charge in [0.05, 0.1) is 17.9 Å². The van der Waals surface area contributed by atoms with Gasteiger partial charge in [0.1, 0.15) is 0 Å². The topological polar surface area (TPSA) is 20.2 Å². The van der Waals surface area contributed by atoms with Crippen LogP contribution in [-0.4, -0.2) is 18.7 Å². The van der Waals surface area contributed by atoms with Gasteiger partial charge >= 0.3 is 0 Å². The minimum Gasteiger partial charge on any atom is -0.378 e. The molecule has 1 N–H and O–H groups in total. The molecule has 0 radical (unpaired) electrons. The van der Waals surface area contributed by atoms with Crippen LogP contribution in [0.5, 0.6) is 0 Å². The highest BCUT2D eigenvalue weighted by atomic mass is 15.1. The van der Waals surface area contributed by atoms with Gasteiger partial charge in [-0.15, -0.1) is 0 Å². The first-order chi connectivity index (χ1) is 8.72. The smallest absolute Gasteiger partial charge is 0.0596 e. The van der Waals surface area contributed by atoms with E-state index in [1.165, 1.54) is 17.1 Å². The predicted molar refractivity (Wildman–Crippen MR) is 78.2 cm³/mol. The average molecular weight is 243 g/mol. The van der Waals surface area contributed by atoms with Crippen molar-refractivity contribution in [3.05, 3.63) is 48.3 Å². The van der Waals surface area contributed by atoms with Crippen molar-refractivity contribution in [3.8, 4) is 0 Å². The van der Waals surface area contributed by atoms with Crippen molar-refractivity contribution in [2.75, 3.05) is 24.3 Å². The standard InChI is InChI=1S/C15H21N3/c1-4-18-11-7-8-13(18)12-16-14-9-5-6-10-15(14)17(2)3/h5-11,16H,4,12H2,1-3H3.